The Labute approximate surface area is 116 Å². The van der Waals surface area contributed by atoms with E-state index in [9.17, 15) is 9.59 Å². The maximum Gasteiger partial charge on any atom is 0.337 e. The summed E-state index contributed by atoms with van der Waals surface area (Å²) in [6, 6.07) is 2.92. The summed E-state index contributed by atoms with van der Waals surface area (Å²) in [4.78, 5) is 26.8. The van der Waals surface area contributed by atoms with Gasteiger partial charge in [0.25, 0.3) is 5.91 Å². The van der Waals surface area contributed by atoms with E-state index in [0.29, 0.717) is 5.69 Å². The van der Waals surface area contributed by atoms with Crippen molar-refractivity contribution in [3.8, 4) is 0 Å². The van der Waals surface area contributed by atoms with Crippen LogP contribution >= 0.6 is 11.8 Å². The first-order valence-electron chi connectivity index (χ1n) is 5.96. The van der Waals surface area contributed by atoms with Gasteiger partial charge in [-0.05, 0) is 44.4 Å². The molecule has 0 aliphatic carbocycles. The van der Waals surface area contributed by atoms with Gasteiger partial charge in [-0.25, -0.2) is 9.78 Å². The first-order chi connectivity index (χ1) is 8.95. The SMILES string of the molecule is CSCCC(C)NC(=O)c1ccc(C(=O)O)c(C)n1. The number of rotatable bonds is 6. The van der Waals surface area contributed by atoms with Crippen LogP contribution in [0.2, 0.25) is 0 Å². The third kappa shape index (κ3) is 4.55. The van der Waals surface area contributed by atoms with Gasteiger partial charge in [0, 0.05) is 6.04 Å². The third-order valence-corrected chi connectivity index (χ3v) is 3.33. The molecule has 1 heterocycles. The highest BCUT2D eigenvalue weighted by Crippen LogP contribution is 2.08. The van der Waals surface area contributed by atoms with Crippen LogP contribution in [0.1, 0.15) is 39.9 Å². The van der Waals surface area contributed by atoms with Crippen molar-refractivity contribution in [3.63, 3.8) is 0 Å². The van der Waals surface area contributed by atoms with Gasteiger partial charge in [-0.3, -0.25) is 4.79 Å². The van der Waals surface area contributed by atoms with Crippen molar-refractivity contribution in [1.82, 2.24) is 10.3 Å². The second-order valence-electron chi connectivity index (χ2n) is 4.29. The number of thioether (sulfide) groups is 1. The predicted octanol–water partition coefficient (Wildman–Crippen LogP) is 1.96. The van der Waals surface area contributed by atoms with E-state index in [0.717, 1.165) is 12.2 Å². The maximum atomic E-state index is 11.9. The number of carbonyl (C=O) groups is 2. The molecular weight excluding hydrogens is 264 g/mol. The van der Waals surface area contributed by atoms with Crippen LogP contribution in [0, 0.1) is 6.92 Å². The molecule has 1 amide bonds. The number of carboxylic acid groups (broad SMARTS) is 1. The topological polar surface area (TPSA) is 79.3 Å². The number of pyridine rings is 1. The van der Waals surface area contributed by atoms with Crippen molar-refractivity contribution in [3.05, 3.63) is 29.1 Å². The maximum absolute atomic E-state index is 11.9. The quantitative estimate of drug-likeness (QED) is 0.833. The van der Waals surface area contributed by atoms with Crippen LogP contribution < -0.4 is 5.32 Å². The molecule has 0 saturated carbocycles. The molecule has 1 aromatic heterocycles. The van der Waals surface area contributed by atoms with Crippen molar-refractivity contribution in [2.45, 2.75) is 26.3 Å². The summed E-state index contributed by atoms with van der Waals surface area (Å²) in [5.74, 6) is -0.329. The molecule has 0 bridgehead atoms. The van der Waals surface area contributed by atoms with E-state index in [1.54, 1.807) is 18.7 Å². The van der Waals surface area contributed by atoms with E-state index < -0.39 is 5.97 Å². The molecule has 0 radical (unpaired) electrons. The van der Waals surface area contributed by atoms with Gasteiger partial charge in [-0.1, -0.05) is 0 Å². The number of carboxylic acids is 1. The smallest absolute Gasteiger partial charge is 0.337 e. The fourth-order valence-corrected chi connectivity index (χ4v) is 2.17. The van der Waals surface area contributed by atoms with Gasteiger partial charge in [0.2, 0.25) is 0 Å². The molecule has 0 spiro atoms. The van der Waals surface area contributed by atoms with Crippen LogP contribution in [-0.4, -0.2) is 40.0 Å². The molecule has 1 rings (SSSR count). The lowest BCUT2D eigenvalue weighted by atomic mass is 10.1. The molecule has 1 aromatic rings. The van der Waals surface area contributed by atoms with Gasteiger partial charge in [-0.2, -0.15) is 11.8 Å². The Morgan fingerprint density at radius 2 is 2.16 bits per heavy atom. The molecule has 0 aromatic carbocycles. The second-order valence-corrected chi connectivity index (χ2v) is 5.28. The molecule has 0 fully saturated rings. The minimum Gasteiger partial charge on any atom is -0.478 e. The van der Waals surface area contributed by atoms with Crippen LogP contribution in [-0.2, 0) is 0 Å². The molecule has 0 aliphatic heterocycles. The molecule has 2 N–H and O–H groups in total. The number of amides is 1. The molecule has 5 nitrogen and oxygen atoms in total. The van der Waals surface area contributed by atoms with E-state index in [1.807, 2.05) is 13.2 Å². The van der Waals surface area contributed by atoms with E-state index in [-0.39, 0.29) is 23.2 Å². The lowest BCUT2D eigenvalue weighted by molar-refractivity contribution is 0.0694. The summed E-state index contributed by atoms with van der Waals surface area (Å²) in [6.45, 7) is 3.52. The summed E-state index contributed by atoms with van der Waals surface area (Å²) in [6.07, 6.45) is 2.91. The molecule has 6 heteroatoms. The van der Waals surface area contributed by atoms with Gasteiger partial charge in [0.1, 0.15) is 5.69 Å². The van der Waals surface area contributed by atoms with Gasteiger partial charge in [0.15, 0.2) is 0 Å². The molecular formula is C13H18N2O3S. The number of aromatic nitrogens is 1. The highest BCUT2D eigenvalue weighted by atomic mass is 32.2. The summed E-state index contributed by atoms with van der Waals surface area (Å²) in [5.41, 5.74) is 0.711. The van der Waals surface area contributed by atoms with E-state index in [2.05, 4.69) is 10.3 Å². The second kappa shape index (κ2) is 7.13. The summed E-state index contributed by atoms with van der Waals surface area (Å²) < 4.78 is 0. The molecule has 19 heavy (non-hydrogen) atoms. The Morgan fingerprint density at radius 1 is 1.47 bits per heavy atom. The predicted molar refractivity (Wildman–Crippen MR) is 75.9 cm³/mol. The monoisotopic (exact) mass is 282 g/mol. The average Bonchev–Trinajstić information content (AvgIpc) is 2.35. The summed E-state index contributed by atoms with van der Waals surface area (Å²) >= 11 is 1.73. The standard InChI is InChI=1S/C13H18N2O3S/c1-8(6-7-19-3)14-12(16)11-5-4-10(13(17)18)9(2)15-11/h4-5,8H,6-7H2,1-3H3,(H,14,16)(H,17,18). The molecule has 0 saturated heterocycles. The Kier molecular flexibility index (Phi) is 5.82. The lowest BCUT2D eigenvalue weighted by Crippen LogP contribution is -2.33. The lowest BCUT2D eigenvalue weighted by Gasteiger charge is -2.13. The van der Waals surface area contributed by atoms with Gasteiger partial charge >= 0.3 is 5.97 Å². The summed E-state index contributed by atoms with van der Waals surface area (Å²) in [7, 11) is 0. The largest absolute Gasteiger partial charge is 0.478 e. The Bertz CT molecular complexity index is 477. The van der Waals surface area contributed by atoms with E-state index >= 15 is 0 Å². The highest BCUT2D eigenvalue weighted by molar-refractivity contribution is 7.98. The zero-order chi connectivity index (χ0) is 14.4. The van der Waals surface area contributed by atoms with Gasteiger partial charge < -0.3 is 10.4 Å². The van der Waals surface area contributed by atoms with E-state index in [1.165, 1.54) is 12.1 Å². The number of aromatic carboxylic acids is 1. The van der Waals surface area contributed by atoms with Gasteiger partial charge in [0.05, 0.1) is 11.3 Å². The molecule has 1 atom stereocenters. The number of nitrogens with one attached hydrogen (secondary N) is 1. The van der Waals surface area contributed by atoms with Crippen LogP contribution in [0.25, 0.3) is 0 Å². The minimum absolute atomic E-state index is 0.0706. The highest BCUT2D eigenvalue weighted by Gasteiger charge is 2.14. The normalized spacial score (nSPS) is 11.9. The van der Waals surface area contributed by atoms with Crippen LogP contribution in [0.5, 0.6) is 0 Å². The van der Waals surface area contributed by atoms with E-state index in [4.69, 9.17) is 5.11 Å². The van der Waals surface area contributed by atoms with Crippen molar-refractivity contribution in [1.29, 1.82) is 0 Å². The third-order valence-electron chi connectivity index (χ3n) is 2.68. The van der Waals surface area contributed by atoms with Crippen LogP contribution in [0.15, 0.2) is 12.1 Å². The molecule has 1 unspecified atom stereocenters. The number of nitrogens with zero attached hydrogens (tertiary/aromatic N) is 1. The number of hydrogen-bond acceptors (Lipinski definition) is 4. The summed E-state index contributed by atoms with van der Waals surface area (Å²) in [5, 5.41) is 11.7. The van der Waals surface area contributed by atoms with Crippen molar-refractivity contribution >= 4 is 23.6 Å². The Balaban J connectivity index is 2.72. The number of aryl methyl sites for hydroxylation is 1. The Morgan fingerprint density at radius 3 is 2.68 bits per heavy atom. The zero-order valence-corrected chi connectivity index (χ0v) is 12.1. The van der Waals surface area contributed by atoms with Crippen LogP contribution in [0.4, 0.5) is 0 Å². The fraction of sp³-hybridized carbons (Fsp3) is 0.462. The molecule has 0 aliphatic rings. The zero-order valence-electron chi connectivity index (χ0n) is 11.3. The number of hydrogen-bond donors (Lipinski definition) is 2. The molecule has 104 valence electrons. The first-order valence-corrected chi connectivity index (χ1v) is 7.35. The first kappa shape index (κ1) is 15.5. The van der Waals surface area contributed by atoms with Crippen molar-refractivity contribution in [2.75, 3.05) is 12.0 Å². The Hall–Kier alpha value is -1.56. The van der Waals surface area contributed by atoms with Gasteiger partial charge in [-0.15, -0.1) is 0 Å². The van der Waals surface area contributed by atoms with Crippen molar-refractivity contribution in [2.24, 2.45) is 0 Å². The average molecular weight is 282 g/mol. The number of carbonyl (C=O) groups excluding carboxylic acids is 1. The fourth-order valence-electron chi connectivity index (χ4n) is 1.58. The van der Waals surface area contributed by atoms with Crippen molar-refractivity contribution < 1.29 is 14.7 Å². The minimum atomic E-state index is -1.04. The van der Waals surface area contributed by atoms with Crippen LogP contribution in [0.3, 0.4) is 0 Å².